The Kier molecular flexibility index (Phi) is 4.83. The van der Waals surface area contributed by atoms with E-state index in [0.29, 0.717) is 11.6 Å². The lowest BCUT2D eigenvalue weighted by Crippen LogP contribution is -1.95. The summed E-state index contributed by atoms with van der Waals surface area (Å²) in [4.78, 5) is 14.2. The Balaban J connectivity index is 1.43. The molecule has 1 aliphatic rings. The first-order valence-corrected chi connectivity index (χ1v) is 9.39. The smallest absolute Gasteiger partial charge is 0.200 e. The second-order valence-corrected chi connectivity index (χ2v) is 7.44. The van der Waals surface area contributed by atoms with E-state index < -0.39 is 0 Å². The molecule has 0 amide bonds. The maximum absolute atomic E-state index is 12.4. The predicted molar refractivity (Wildman–Crippen MR) is 107 cm³/mol. The van der Waals surface area contributed by atoms with Gasteiger partial charge >= 0.3 is 0 Å². The fraction of sp³-hybridized carbons (Fsp3) is 0.0455. The average molecular weight is 379 g/mol. The molecule has 0 fully saturated rings. The van der Waals surface area contributed by atoms with Gasteiger partial charge in [-0.2, -0.15) is 0 Å². The Morgan fingerprint density at radius 3 is 2.38 bits per heavy atom. The summed E-state index contributed by atoms with van der Waals surface area (Å²) in [6, 6.07) is 23.0. The van der Waals surface area contributed by atoms with E-state index in [1.807, 2.05) is 78.9 Å². The standard InChI is InChI=1S/C22H15ClO2S/c23-17-9-5-16(6-10-17)14-25-18-11-7-15(8-12-18)13-21-22(24)19-3-1-2-4-20(19)26-21/h1-13H,14H2. The molecule has 1 aliphatic heterocycles. The Hall–Kier alpha value is -2.49. The number of allylic oxidation sites excluding steroid dienone is 1. The maximum atomic E-state index is 12.4. The van der Waals surface area contributed by atoms with Gasteiger partial charge in [0.1, 0.15) is 12.4 Å². The molecular weight excluding hydrogens is 364 g/mol. The molecule has 0 aromatic heterocycles. The van der Waals surface area contributed by atoms with Crippen molar-refractivity contribution in [2.45, 2.75) is 11.5 Å². The maximum Gasteiger partial charge on any atom is 0.200 e. The minimum Gasteiger partial charge on any atom is -0.489 e. The van der Waals surface area contributed by atoms with Crippen LogP contribution in [0.1, 0.15) is 21.5 Å². The van der Waals surface area contributed by atoms with E-state index >= 15 is 0 Å². The third kappa shape index (κ3) is 3.69. The first-order chi connectivity index (χ1) is 12.7. The van der Waals surface area contributed by atoms with E-state index in [2.05, 4.69) is 0 Å². The van der Waals surface area contributed by atoms with Crippen molar-refractivity contribution in [3.05, 3.63) is 99.4 Å². The van der Waals surface area contributed by atoms with Crippen LogP contribution in [-0.4, -0.2) is 5.78 Å². The first-order valence-electron chi connectivity index (χ1n) is 8.20. The Morgan fingerprint density at radius 1 is 0.923 bits per heavy atom. The molecule has 2 nitrogen and oxygen atoms in total. The van der Waals surface area contributed by atoms with Gasteiger partial charge < -0.3 is 4.74 Å². The number of rotatable bonds is 4. The molecule has 1 heterocycles. The molecule has 128 valence electrons. The minimum absolute atomic E-state index is 0.0914. The highest BCUT2D eigenvalue weighted by atomic mass is 35.5. The summed E-state index contributed by atoms with van der Waals surface area (Å²) in [5.41, 5.74) is 2.82. The Labute approximate surface area is 161 Å². The molecule has 26 heavy (non-hydrogen) atoms. The fourth-order valence-corrected chi connectivity index (χ4v) is 3.87. The van der Waals surface area contributed by atoms with Crippen LogP contribution < -0.4 is 4.74 Å². The number of thioether (sulfide) groups is 1. The second-order valence-electron chi connectivity index (χ2n) is 5.92. The Bertz CT molecular complexity index is 976. The van der Waals surface area contributed by atoms with Gasteiger partial charge in [0, 0.05) is 15.5 Å². The van der Waals surface area contributed by atoms with Gasteiger partial charge in [-0.05, 0) is 53.6 Å². The summed E-state index contributed by atoms with van der Waals surface area (Å²) in [5, 5.41) is 0.715. The van der Waals surface area contributed by atoms with Crippen LogP contribution in [0.3, 0.4) is 0 Å². The normalized spacial score (nSPS) is 14.5. The zero-order chi connectivity index (χ0) is 17.9. The molecule has 0 atom stereocenters. The molecule has 0 radical (unpaired) electrons. The molecule has 3 aromatic rings. The number of carbonyl (C=O) groups excluding carboxylic acids is 1. The Morgan fingerprint density at radius 2 is 1.65 bits per heavy atom. The van der Waals surface area contributed by atoms with Crippen LogP contribution in [0.4, 0.5) is 0 Å². The van der Waals surface area contributed by atoms with Gasteiger partial charge in [-0.25, -0.2) is 0 Å². The molecule has 0 saturated carbocycles. The molecule has 4 heteroatoms. The van der Waals surface area contributed by atoms with Crippen molar-refractivity contribution in [1.82, 2.24) is 0 Å². The van der Waals surface area contributed by atoms with Crippen molar-refractivity contribution in [3.63, 3.8) is 0 Å². The van der Waals surface area contributed by atoms with E-state index in [4.69, 9.17) is 16.3 Å². The van der Waals surface area contributed by atoms with Crippen molar-refractivity contribution >= 4 is 35.2 Å². The summed E-state index contributed by atoms with van der Waals surface area (Å²) in [6.07, 6.45) is 1.93. The van der Waals surface area contributed by atoms with Gasteiger partial charge in [-0.15, -0.1) is 0 Å². The molecule has 0 spiro atoms. The van der Waals surface area contributed by atoms with Gasteiger partial charge in [0.05, 0.1) is 4.91 Å². The molecule has 0 saturated heterocycles. The van der Waals surface area contributed by atoms with Crippen LogP contribution in [0.5, 0.6) is 5.75 Å². The summed E-state index contributed by atoms with van der Waals surface area (Å²) in [7, 11) is 0. The van der Waals surface area contributed by atoms with Gasteiger partial charge in [0.25, 0.3) is 0 Å². The molecule has 0 N–H and O–H groups in total. The highest BCUT2D eigenvalue weighted by Gasteiger charge is 2.24. The number of carbonyl (C=O) groups is 1. The van der Waals surface area contributed by atoms with Crippen LogP contribution in [0.25, 0.3) is 6.08 Å². The number of hydrogen-bond donors (Lipinski definition) is 0. The van der Waals surface area contributed by atoms with Crippen LogP contribution in [0.15, 0.2) is 82.6 Å². The fourth-order valence-electron chi connectivity index (χ4n) is 2.69. The third-order valence-electron chi connectivity index (χ3n) is 4.07. The quantitative estimate of drug-likeness (QED) is 0.502. The predicted octanol–water partition coefficient (Wildman–Crippen LogP) is 6.25. The lowest BCUT2D eigenvalue weighted by molar-refractivity contribution is 0.104. The molecule has 4 rings (SSSR count). The van der Waals surface area contributed by atoms with Gasteiger partial charge in [0.15, 0.2) is 0 Å². The van der Waals surface area contributed by atoms with Crippen molar-refractivity contribution in [2.24, 2.45) is 0 Å². The van der Waals surface area contributed by atoms with E-state index in [1.54, 1.807) is 0 Å². The van der Waals surface area contributed by atoms with Gasteiger partial charge in [0.2, 0.25) is 5.78 Å². The number of ether oxygens (including phenoxy) is 1. The summed E-state index contributed by atoms with van der Waals surface area (Å²) < 4.78 is 5.79. The zero-order valence-corrected chi connectivity index (χ0v) is 15.4. The summed E-state index contributed by atoms with van der Waals surface area (Å²) in [5.74, 6) is 0.879. The third-order valence-corrected chi connectivity index (χ3v) is 5.42. The van der Waals surface area contributed by atoms with E-state index in [1.165, 1.54) is 11.8 Å². The molecule has 3 aromatic carbocycles. The zero-order valence-electron chi connectivity index (χ0n) is 13.8. The lowest BCUT2D eigenvalue weighted by atomic mass is 10.1. The number of Topliss-reactive ketones (excluding diaryl/α,β-unsaturated/α-hetero) is 1. The lowest BCUT2D eigenvalue weighted by Gasteiger charge is -2.07. The number of hydrogen-bond acceptors (Lipinski definition) is 3. The molecule has 0 unspecified atom stereocenters. The monoisotopic (exact) mass is 378 g/mol. The summed E-state index contributed by atoms with van der Waals surface area (Å²) >= 11 is 7.41. The minimum atomic E-state index is 0.0914. The van der Waals surface area contributed by atoms with E-state index in [-0.39, 0.29) is 5.78 Å². The number of halogens is 1. The number of ketones is 1. The van der Waals surface area contributed by atoms with Gasteiger partial charge in [-0.1, -0.05) is 59.8 Å². The first kappa shape index (κ1) is 17.0. The topological polar surface area (TPSA) is 26.3 Å². The van der Waals surface area contributed by atoms with Crippen molar-refractivity contribution in [1.29, 1.82) is 0 Å². The van der Waals surface area contributed by atoms with Crippen LogP contribution in [0.2, 0.25) is 5.02 Å². The number of benzene rings is 3. The van der Waals surface area contributed by atoms with Crippen molar-refractivity contribution < 1.29 is 9.53 Å². The highest BCUT2D eigenvalue weighted by molar-refractivity contribution is 8.04. The summed E-state index contributed by atoms with van der Waals surface area (Å²) in [6.45, 7) is 0.487. The van der Waals surface area contributed by atoms with Crippen molar-refractivity contribution in [2.75, 3.05) is 0 Å². The highest BCUT2D eigenvalue weighted by Crippen LogP contribution is 2.40. The van der Waals surface area contributed by atoms with E-state index in [0.717, 1.165) is 32.2 Å². The average Bonchev–Trinajstić information content (AvgIpc) is 2.98. The largest absolute Gasteiger partial charge is 0.489 e. The van der Waals surface area contributed by atoms with Crippen LogP contribution in [0, 0.1) is 0 Å². The van der Waals surface area contributed by atoms with Crippen molar-refractivity contribution in [3.8, 4) is 5.75 Å². The molecule has 0 bridgehead atoms. The molecular formula is C22H15ClO2S. The molecule has 0 aliphatic carbocycles. The second kappa shape index (κ2) is 7.40. The number of fused-ring (bicyclic) bond motifs is 1. The van der Waals surface area contributed by atoms with Crippen LogP contribution >= 0.6 is 23.4 Å². The SMILES string of the molecule is O=C1C(=Cc2ccc(OCc3ccc(Cl)cc3)cc2)Sc2ccccc21. The van der Waals surface area contributed by atoms with E-state index in [9.17, 15) is 4.79 Å². The van der Waals surface area contributed by atoms with Crippen LogP contribution in [-0.2, 0) is 6.61 Å². The van der Waals surface area contributed by atoms with Gasteiger partial charge in [-0.3, -0.25) is 4.79 Å².